The molecular weight excluding hydrogens is 473 g/mol. The molecular formula is C26H27Cl2N3O3. The molecule has 6 nitrogen and oxygen atoms in total. The summed E-state index contributed by atoms with van der Waals surface area (Å²) in [6, 6.07) is 20.8. The number of carbonyl (C=O) groups is 1. The number of benzene rings is 3. The fraction of sp³-hybridized carbons (Fsp3) is 0.269. The highest BCUT2D eigenvalue weighted by atomic mass is 35.5. The minimum Gasteiger partial charge on any atom is -0.493 e. The van der Waals surface area contributed by atoms with Crippen molar-refractivity contribution in [1.29, 1.82) is 0 Å². The van der Waals surface area contributed by atoms with Gasteiger partial charge in [0.05, 0.1) is 29.5 Å². The van der Waals surface area contributed by atoms with Gasteiger partial charge in [0, 0.05) is 31.7 Å². The Kier molecular flexibility index (Phi) is 8.16. The van der Waals surface area contributed by atoms with Gasteiger partial charge in [0.2, 0.25) is 0 Å². The van der Waals surface area contributed by atoms with Crippen molar-refractivity contribution >= 4 is 34.8 Å². The lowest BCUT2D eigenvalue weighted by atomic mass is 10.2. The first kappa shape index (κ1) is 24.2. The van der Waals surface area contributed by atoms with Gasteiger partial charge in [0.1, 0.15) is 6.61 Å². The quantitative estimate of drug-likeness (QED) is 0.467. The first-order chi connectivity index (χ1) is 16.5. The average Bonchev–Trinajstić information content (AvgIpc) is 2.88. The van der Waals surface area contributed by atoms with Crippen LogP contribution in [0, 0.1) is 0 Å². The van der Waals surface area contributed by atoms with E-state index in [1.807, 2.05) is 42.5 Å². The third-order valence-electron chi connectivity index (χ3n) is 5.77. The number of piperazine rings is 1. The van der Waals surface area contributed by atoms with Crippen LogP contribution in [0.4, 0.5) is 5.69 Å². The molecule has 1 N–H and O–H groups in total. The molecule has 0 radical (unpaired) electrons. The number of methoxy groups -OCH3 is 1. The van der Waals surface area contributed by atoms with Gasteiger partial charge in [-0.05, 0) is 35.9 Å². The third-order valence-corrected chi connectivity index (χ3v) is 6.58. The predicted molar refractivity (Wildman–Crippen MR) is 136 cm³/mol. The van der Waals surface area contributed by atoms with E-state index in [-0.39, 0.29) is 5.91 Å². The van der Waals surface area contributed by atoms with Gasteiger partial charge in [0.25, 0.3) is 5.91 Å². The number of ether oxygens (including phenoxy) is 2. The number of halogens is 2. The molecule has 0 aliphatic carbocycles. The van der Waals surface area contributed by atoms with Gasteiger partial charge < -0.3 is 19.7 Å². The summed E-state index contributed by atoms with van der Waals surface area (Å²) in [6.45, 7) is 4.10. The second kappa shape index (κ2) is 11.5. The first-order valence-corrected chi connectivity index (χ1v) is 11.8. The molecule has 178 valence electrons. The lowest BCUT2D eigenvalue weighted by molar-refractivity contribution is 0.0919. The lowest BCUT2D eigenvalue weighted by Gasteiger charge is -2.36. The SMILES string of the molecule is COc1cc(C(=O)NCN2CCN(c3cccc(Cl)c3Cl)CC2)ccc1OCc1ccccc1. The summed E-state index contributed by atoms with van der Waals surface area (Å²) in [7, 11) is 1.57. The lowest BCUT2D eigenvalue weighted by Crippen LogP contribution is -2.50. The van der Waals surface area contributed by atoms with Crippen molar-refractivity contribution in [1.82, 2.24) is 10.2 Å². The van der Waals surface area contributed by atoms with E-state index in [2.05, 4.69) is 15.1 Å². The minimum absolute atomic E-state index is 0.159. The van der Waals surface area contributed by atoms with Gasteiger partial charge in [-0.25, -0.2) is 0 Å². The third kappa shape index (κ3) is 5.95. The molecule has 1 amide bonds. The Morgan fingerprint density at radius 3 is 2.44 bits per heavy atom. The van der Waals surface area contributed by atoms with E-state index in [1.54, 1.807) is 31.4 Å². The highest BCUT2D eigenvalue weighted by Gasteiger charge is 2.20. The number of carbonyl (C=O) groups excluding carboxylic acids is 1. The molecule has 0 aromatic heterocycles. The molecule has 0 bridgehead atoms. The number of amides is 1. The first-order valence-electron chi connectivity index (χ1n) is 11.1. The molecule has 3 aromatic rings. The maximum Gasteiger partial charge on any atom is 0.252 e. The van der Waals surface area contributed by atoms with E-state index in [0.29, 0.717) is 40.4 Å². The Balaban J connectivity index is 1.29. The van der Waals surface area contributed by atoms with E-state index in [4.69, 9.17) is 32.7 Å². The molecule has 8 heteroatoms. The molecule has 1 aliphatic heterocycles. The van der Waals surface area contributed by atoms with Crippen LogP contribution >= 0.6 is 23.2 Å². The Bertz CT molecular complexity index is 1120. The highest BCUT2D eigenvalue weighted by molar-refractivity contribution is 6.43. The topological polar surface area (TPSA) is 54.0 Å². The summed E-state index contributed by atoms with van der Waals surface area (Å²) in [5.74, 6) is 0.961. The normalized spacial score (nSPS) is 14.0. The Morgan fingerprint density at radius 1 is 0.941 bits per heavy atom. The van der Waals surface area contributed by atoms with Crippen LogP contribution < -0.4 is 19.7 Å². The molecule has 1 fully saturated rings. The second-order valence-electron chi connectivity index (χ2n) is 7.98. The van der Waals surface area contributed by atoms with Crippen LogP contribution in [-0.2, 0) is 6.61 Å². The van der Waals surface area contributed by atoms with E-state index < -0.39 is 0 Å². The Labute approximate surface area is 210 Å². The zero-order valence-corrected chi connectivity index (χ0v) is 20.5. The summed E-state index contributed by atoms with van der Waals surface area (Å²) in [6.07, 6.45) is 0. The van der Waals surface area contributed by atoms with Gasteiger partial charge in [0.15, 0.2) is 11.5 Å². The van der Waals surface area contributed by atoms with Crippen molar-refractivity contribution in [2.45, 2.75) is 6.61 Å². The monoisotopic (exact) mass is 499 g/mol. The zero-order chi connectivity index (χ0) is 23.9. The van der Waals surface area contributed by atoms with Crippen LogP contribution in [0.15, 0.2) is 66.7 Å². The summed E-state index contributed by atoms with van der Waals surface area (Å²) in [5.41, 5.74) is 2.52. The number of nitrogens with one attached hydrogen (secondary N) is 1. The van der Waals surface area contributed by atoms with Crippen molar-refractivity contribution < 1.29 is 14.3 Å². The van der Waals surface area contributed by atoms with Crippen molar-refractivity contribution in [2.24, 2.45) is 0 Å². The fourth-order valence-corrected chi connectivity index (χ4v) is 4.25. The number of nitrogens with zero attached hydrogens (tertiary/aromatic N) is 2. The van der Waals surface area contributed by atoms with Crippen molar-refractivity contribution in [2.75, 3.05) is 44.9 Å². The van der Waals surface area contributed by atoms with E-state index in [0.717, 1.165) is 37.4 Å². The predicted octanol–water partition coefficient (Wildman–Crippen LogP) is 5.09. The van der Waals surface area contributed by atoms with Crippen LogP contribution in [0.2, 0.25) is 10.0 Å². The zero-order valence-electron chi connectivity index (χ0n) is 19.0. The molecule has 0 saturated carbocycles. The van der Waals surface area contributed by atoms with Gasteiger partial charge >= 0.3 is 0 Å². The number of hydrogen-bond donors (Lipinski definition) is 1. The van der Waals surface area contributed by atoms with E-state index in [9.17, 15) is 4.79 Å². The number of hydrogen-bond acceptors (Lipinski definition) is 5. The molecule has 0 spiro atoms. The fourth-order valence-electron chi connectivity index (χ4n) is 3.83. The van der Waals surface area contributed by atoms with Crippen LogP contribution in [0.25, 0.3) is 0 Å². The number of anilines is 1. The van der Waals surface area contributed by atoms with Crippen molar-refractivity contribution in [3.8, 4) is 11.5 Å². The van der Waals surface area contributed by atoms with Crippen LogP contribution in [0.1, 0.15) is 15.9 Å². The Hall–Kier alpha value is -2.93. The maximum absolute atomic E-state index is 12.7. The smallest absolute Gasteiger partial charge is 0.252 e. The van der Waals surface area contributed by atoms with Gasteiger partial charge in [-0.2, -0.15) is 0 Å². The second-order valence-corrected chi connectivity index (χ2v) is 8.77. The summed E-state index contributed by atoms with van der Waals surface area (Å²) >= 11 is 12.5. The molecule has 1 aliphatic rings. The van der Waals surface area contributed by atoms with E-state index >= 15 is 0 Å². The summed E-state index contributed by atoms with van der Waals surface area (Å²) < 4.78 is 11.3. The van der Waals surface area contributed by atoms with Crippen LogP contribution in [-0.4, -0.2) is 50.8 Å². The summed E-state index contributed by atoms with van der Waals surface area (Å²) in [4.78, 5) is 17.1. The molecule has 4 rings (SSSR count). The molecule has 3 aromatic carbocycles. The minimum atomic E-state index is -0.159. The average molecular weight is 500 g/mol. The molecule has 1 heterocycles. The largest absolute Gasteiger partial charge is 0.493 e. The summed E-state index contributed by atoms with van der Waals surface area (Å²) in [5, 5.41) is 4.13. The Morgan fingerprint density at radius 2 is 1.71 bits per heavy atom. The van der Waals surface area contributed by atoms with Crippen LogP contribution in [0.3, 0.4) is 0 Å². The highest BCUT2D eigenvalue weighted by Crippen LogP contribution is 2.33. The molecule has 34 heavy (non-hydrogen) atoms. The van der Waals surface area contributed by atoms with Crippen LogP contribution in [0.5, 0.6) is 11.5 Å². The van der Waals surface area contributed by atoms with Crippen molar-refractivity contribution in [3.63, 3.8) is 0 Å². The number of rotatable bonds is 8. The molecule has 0 unspecified atom stereocenters. The standard InChI is InChI=1S/C26H27Cl2N3O3/c1-33-24-16-20(10-11-23(24)34-17-19-6-3-2-4-7-19)26(32)29-18-30-12-14-31(15-13-30)22-9-5-8-21(27)25(22)28/h2-11,16H,12-15,17-18H2,1H3,(H,29,32). The molecule has 0 atom stereocenters. The van der Waals surface area contributed by atoms with Gasteiger partial charge in [-0.1, -0.05) is 59.6 Å². The van der Waals surface area contributed by atoms with Gasteiger partial charge in [-0.3, -0.25) is 9.69 Å². The molecule has 1 saturated heterocycles. The van der Waals surface area contributed by atoms with Gasteiger partial charge in [-0.15, -0.1) is 0 Å². The van der Waals surface area contributed by atoms with Crippen molar-refractivity contribution in [3.05, 3.63) is 87.9 Å². The van der Waals surface area contributed by atoms with E-state index in [1.165, 1.54) is 0 Å². The maximum atomic E-state index is 12.7.